The minimum atomic E-state index is 0.853. The van der Waals surface area contributed by atoms with Crippen LogP contribution in [0.25, 0.3) is 22.3 Å². The lowest BCUT2D eigenvalue weighted by molar-refractivity contribution is 0.796. The maximum atomic E-state index is 6.54. The van der Waals surface area contributed by atoms with Crippen molar-refractivity contribution < 1.29 is 0 Å². The first kappa shape index (κ1) is 19.2. The van der Waals surface area contributed by atoms with Crippen LogP contribution in [0, 0.1) is 27.7 Å². The van der Waals surface area contributed by atoms with Crippen LogP contribution in [0.3, 0.4) is 0 Å². The zero-order valence-electron chi connectivity index (χ0n) is 17.3. The number of anilines is 1. The Balaban J connectivity index is 2.30. The van der Waals surface area contributed by atoms with Gasteiger partial charge in [0.05, 0.1) is 0 Å². The summed E-state index contributed by atoms with van der Waals surface area (Å²) in [5.41, 5.74) is 19.0. The highest BCUT2D eigenvalue weighted by molar-refractivity contribution is 5.93. The van der Waals surface area contributed by atoms with Crippen LogP contribution in [-0.2, 0) is 6.42 Å². The quantitative estimate of drug-likeness (QED) is 0.481. The van der Waals surface area contributed by atoms with Crippen molar-refractivity contribution in [3.05, 3.63) is 76.3 Å². The molecule has 0 unspecified atom stereocenters. The monoisotopic (exact) mass is 357 g/mol. The SMILES string of the molecule is CCCCc1ccc(N)c(-c2ccc(C)c(C)c2)c1-c1ccc(C)c(C)c1. The van der Waals surface area contributed by atoms with Gasteiger partial charge in [0.2, 0.25) is 0 Å². The molecule has 0 aliphatic carbocycles. The summed E-state index contributed by atoms with van der Waals surface area (Å²) in [6.45, 7) is 10.9. The molecule has 0 saturated carbocycles. The van der Waals surface area contributed by atoms with E-state index in [-0.39, 0.29) is 0 Å². The van der Waals surface area contributed by atoms with Gasteiger partial charge >= 0.3 is 0 Å². The van der Waals surface area contributed by atoms with Crippen molar-refractivity contribution in [3.63, 3.8) is 0 Å². The van der Waals surface area contributed by atoms with E-state index in [1.807, 2.05) is 0 Å². The van der Waals surface area contributed by atoms with Crippen LogP contribution in [-0.4, -0.2) is 0 Å². The number of hydrogen-bond donors (Lipinski definition) is 1. The summed E-state index contributed by atoms with van der Waals surface area (Å²) < 4.78 is 0. The lowest BCUT2D eigenvalue weighted by Crippen LogP contribution is -2.00. The Morgan fingerprint density at radius 3 is 1.74 bits per heavy atom. The van der Waals surface area contributed by atoms with E-state index >= 15 is 0 Å². The van der Waals surface area contributed by atoms with Crippen molar-refractivity contribution in [2.75, 3.05) is 5.73 Å². The van der Waals surface area contributed by atoms with E-state index in [0.717, 1.165) is 12.1 Å². The number of rotatable bonds is 5. The van der Waals surface area contributed by atoms with E-state index in [0.29, 0.717) is 0 Å². The summed E-state index contributed by atoms with van der Waals surface area (Å²) in [6.07, 6.45) is 3.46. The summed E-state index contributed by atoms with van der Waals surface area (Å²) >= 11 is 0. The van der Waals surface area contributed by atoms with Crippen molar-refractivity contribution in [1.29, 1.82) is 0 Å². The molecule has 0 fully saturated rings. The number of hydrogen-bond acceptors (Lipinski definition) is 1. The maximum absolute atomic E-state index is 6.54. The molecule has 1 heteroatoms. The highest BCUT2D eigenvalue weighted by atomic mass is 14.6. The smallest absolute Gasteiger partial charge is 0.0400 e. The van der Waals surface area contributed by atoms with Crippen LogP contribution < -0.4 is 5.73 Å². The van der Waals surface area contributed by atoms with E-state index in [1.165, 1.54) is 62.9 Å². The first-order valence-electron chi connectivity index (χ1n) is 9.99. The Kier molecular flexibility index (Phi) is 5.70. The zero-order chi connectivity index (χ0) is 19.6. The normalized spacial score (nSPS) is 11.0. The van der Waals surface area contributed by atoms with Crippen LogP contribution in [0.5, 0.6) is 0 Å². The number of nitrogen functional groups attached to an aromatic ring is 1. The minimum absolute atomic E-state index is 0.853. The van der Waals surface area contributed by atoms with Gasteiger partial charge in [-0.2, -0.15) is 0 Å². The third-order valence-corrected chi connectivity index (χ3v) is 5.71. The molecule has 3 rings (SSSR count). The molecule has 0 heterocycles. The zero-order valence-corrected chi connectivity index (χ0v) is 17.3. The molecular weight excluding hydrogens is 326 g/mol. The molecule has 0 spiro atoms. The van der Waals surface area contributed by atoms with Gasteiger partial charge in [-0.1, -0.05) is 55.8 Å². The van der Waals surface area contributed by atoms with Gasteiger partial charge in [0.15, 0.2) is 0 Å². The number of aryl methyl sites for hydroxylation is 5. The molecule has 27 heavy (non-hydrogen) atoms. The molecule has 3 aromatic carbocycles. The van der Waals surface area contributed by atoms with Gasteiger partial charge in [0, 0.05) is 11.3 Å². The van der Waals surface area contributed by atoms with Gasteiger partial charge in [0.1, 0.15) is 0 Å². The molecule has 2 N–H and O–H groups in total. The molecule has 0 radical (unpaired) electrons. The lowest BCUT2D eigenvalue weighted by Gasteiger charge is -2.19. The van der Waals surface area contributed by atoms with Crippen LogP contribution in [0.1, 0.15) is 47.6 Å². The number of nitrogens with two attached hydrogens (primary N) is 1. The van der Waals surface area contributed by atoms with Gasteiger partial charge in [-0.3, -0.25) is 0 Å². The Hall–Kier alpha value is -2.54. The maximum Gasteiger partial charge on any atom is 0.0400 e. The van der Waals surface area contributed by atoms with Crippen molar-refractivity contribution in [1.82, 2.24) is 0 Å². The average Bonchev–Trinajstić information content (AvgIpc) is 2.65. The highest BCUT2D eigenvalue weighted by Gasteiger charge is 2.16. The summed E-state index contributed by atoms with van der Waals surface area (Å²) in [5.74, 6) is 0. The molecule has 0 aromatic heterocycles. The fourth-order valence-corrected chi connectivity index (χ4v) is 3.67. The van der Waals surface area contributed by atoms with E-state index in [9.17, 15) is 0 Å². The minimum Gasteiger partial charge on any atom is -0.398 e. The van der Waals surface area contributed by atoms with E-state index in [2.05, 4.69) is 83.1 Å². The third-order valence-electron chi connectivity index (χ3n) is 5.71. The highest BCUT2D eigenvalue weighted by Crippen LogP contribution is 2.40. The van der Waals surface area contributed by atoms with Crippen molar-refractivity contribution in [2.45, 2.75) is 53.9 Å². The molecule has 1 nitrogen and oxygen atoms in total. The van der Waals surface area contributed by atoms with Gasteiger partial charge in [0.25, 0.3) is 0 Å². The fourth-order valence-electron chi connectivity index (χ4n) is 3.67. The molecule has 0 amide bonds. The number of benzene rings is 3. The summed E-state index contributed by atoms with van der Waals surface area (Å²) in [5, 5.41) is 0. The second-order valence-corrected chi connectivity index (χ2v) is 7.77. The first-order chi connectivity index (χ1) is 12.9. The molecule has 0 bridgehead atoms. The number of unbranched alkanes of at least 4 members (excludes halogenated alkanes) is 1. The third kappa shape index (κ3) is 3.93. The Morgan fingerprint density at radius 1 is 0.667 bits per heavy atom. The molecule has 0 aliphatic heterocycles. The predicted octanol–water partition coefficient (Wildman–Crippen LogP) is 7.18. The molecule has 0 saturated heterocycles. The lowest BCUT2D eigenvalue weighted by atomic mass is 9.86. The van der Waals surface area contributed by atoms with E-state index < -0.39 is 0 Å². The van der Waals surface area contributed by atoms with Crippen molar-refractivity contribution in [3.8, 4) is 22.3 Å². The average molecular weight is 358 g/mol. The summed E-state index contributed by atoms with van der Waals surface area (Å²) in [4.78, 5) is 0. The topological polar surface area (TPSA) is 26.0 Å². The van der Waals surface area contributed by atoms with Crippen LogP contribution in [0.2, 0.25) is 0 Å². The van der Waals surface area contributed by atoms with Gasteiger partial charge in [-0.05, 0) is 91.1 Å². The Bertz CT molecular complexity index is 966. The van der Waals surface area contributed by atoms with E-state index in [1.54, 1.807) is 0 Å². The van der Waals surface area contributed by atoms with Crippen LogP contribution in [0.15, 0.2) is 48.5 Å². The van der Waals surface area contributed by atoms with Gasteiger partial charge in [-0.15, -0.1) is 0 Å². The molecule has 0 aliphatic rings. The molecule has 140 valence electrons. The second kappa shape index (κ2) is 8.00. The van der Waals surface area contributed by atoms with E-state index in [4.69, 9.17) is 5.73 Å². The molecule has 3 aromatic rings. The van der Waals surface area contributed by atoms with Crippen LogP contribution >= 0.6 is 0 Å². The predicted molar refractivity (Wildman–Crippen MR) is 119 cm³/mol. The fraction of sp³-hybridized carbons (Fsp3) is 0.308. The molecule has 0 atom stereocenters. The first-order valence-corrected chi connectivity index (χ1v) is 9.99. The largest absolute Gasteiger partial charge is 0.398 e. The van der Waals surface area contributed by atoms with Gasteiger partial charge < -0.3 is 5.73 Å². The summed E-state index contributed by atoms with van der Waals surface area (Å²) in [6, 6.07) is 17.8. The van der Waals surface area contributed by atoms with Crippen molar-refractivity contribution in [2.24, 2.45) is 0 Å². The Labute approximate surface area is 164 Å². The summed E-state index contributed by atoms with van der Waals surface area (Å²) in [7, 11) is 0. The molecular formula is C26H31N. The second-order valence-electron chi connectivity index (χ2n) is 7.77. The Morgan fingerprint density at radius 2 is 1.22 bits per heavy atom. The standard InChI is InChI=1S/C26H31N/c1-6-7-8-21-13-14-24(27)26(23-12-10-18(3)20(5)16-23)25(21)22-11-9-17(2)19(4)15-22/h9-16H,6-8,27H2,1-5H3. The van der Waals surface area contributed by atoms with Gasteiger partial charge in [-0.25, -0.2) is 0 Å². The van der Waals surface area contributed by atoms with Crippen LogP contribution in [0.4, 0.5) is 5.69 Å². The van der Waals surface area contributed by atoms with Crippen molar-refractivity contribution >= 4 is 5.69 Å².